The molecule has 0 spiro atoms. The second kappa shape index (κ2) is 7.78. The van der Waals surface area contributed by atoms with Gasteiger partial charge in [-0.05, 0) is 18.9 Å². The average molecular weight is 328 g/mol. The van der Waals surface area contributed by atoms with E-state index in [9.17, 15) is 4.79 Å². The van der Waals surface area contributed by atoms with Crippen LogP contribution >= 0.6 is 0 Å². The molecule has 8 heteroatoms. The Bertz CT molecular complexity index is 681. The van der Waals surface area contributed by atoms with E-state index < -0.39 is 0 Å². The van der Waals surface area contributed by atoms with Crippen molar-refractivity contribution in [2.24, 2.45) is 0 Å². The Morgan fingerprint density at radius 1 is 1.38 bits per heavy atom. The van der Waals surface area contributed by atoms with Crippen LogP contribution in [0.3, 0.4) is 0 Å². The molecule has 0 saturated carbocycles. The fraction of sp³-hybridized carbons (Fsp3) is 0.438. The van der Waals surface area contributed by atoms with Crippen LogP contribution in [0.2, 0.25) is 0 Å². The predicted molar refractivity (Wildman–Crippen MR) is 87.5 cm³/mol. The van der Waals surface area contributed by atoms with Crippen LogP contribution in [0.1, 0.15) is 31.0 Å². The quantitative estimate of drug-likeness (QED) is 0.862. The zero-order valence-electron chi connectivity index (χ0n) is 13.6. The molecule has 2 aromatic rings. The van der Waals surface area contributed by atoms with Gasteiger partial charge in [0.1, 0.15) is 0 Å². The summed E-state index contributed by atoms with van der Waals surface area (Å²) in [7, 11) is 1.60. The maximum atomic E-state index is 12.3. The van der Waals surface area contributed by atoms with Crippen molar-refractivity contribution in [3.8, 4) is 0 Å². The van der Waals surface area contributed by atoms with Crippen LogP contribution < -0.4 is 5.32 Å². The van der Waals surface area contributed by atoms with E-state index in [2.05, 4.69) is 25.3 Å². The Labute approximate surface area is 140 Å². The molecule has 1 atom stereocenters. The van der Waals surface area contributed by atoms with Crippen LogP contribution in [0.15, 0.2) is 30.9 Å². The van der Waals surface area contributed by atoms with E-state index in [0.29, 0.717) is 24.8 Å². The molecule has 1 aliphatic heterocycles. The molecule has 1 amide bonds. The maximum absolute atomic E-state index is 12.3. The summed E-state index contributed by atoms with van der Waals surface area (Å²) in [5.41, 5.74) is 0.777. The minimum Gasteiger partial charge on any atom is -0.384 e. The first-order valence-electron chi connectivity index (χ1n) is 7.92. The highest BCUT2D eigenvalue weighted by Gasteiger charge is 2.30. The minimum atomic E-state index is -0.0414. The molecule has 1 N–H and O–H groups in total. The first-order valence-corrected chi connectivity index (χ1v) is 7.92. The Morgan fingerprint density at radius 2 is 2.21 bits per heavy atom. The molecular weight excluding hydrogens is 308 g/mol. The molecule has 8 nitrogen and oxygen atoms in total. The number of amides is 1. The van der Waals surface area contributed by atoms with Crippen molar-refractivity contribution in [1.82, 2.24) is 24.8 Å². The molecule has 3 heterocycles. The maximum Gasteiger partial charge on any atom is 0.228 e. The first kappa shape index (κ1) is 16.3. The first-order chi connectivity index (χ1) is 11.8. The van der Waals surface area contributed by atoms with Gasteiger partial charge >= 0.3 is 0 Å². The molecule has 0 aromatic carbocycles. The monoisotopic (exact) mass is 328 g/mol. The second-order valence-corrected chi connectivity index (χ2v) is 5.51. The van der Waals surface area contributed by atoms with E-state index in [0.717, 1.165) is 25.1 Å². The van der Waals surface area contributed by atoms with E-state index in [-0.39, 0.29) is 11.9 Å². The van der Waals surface area contributed by atoms with Crippen molar-refractivity contribution in [2.75, 3.05) is 25.6 Å². The molecule has 3 rings (SSSR count). The SMILES string of the molecule is COCCC(=O)N1CCC[C@H]1c1cncc(Nc2ncccn2)n1. The Hall–Kier alpha value is -2.61. The van der Waals surface area contributed by atoms with Crippen molar-refractivity contribution < 1.29 is 9.53 Å². The standard InChI is InChI=1S/C16H20N6O2/c1-24-9-5-15(23)22-8-2-4-13(22)12-10-17-11-14(20-12)21-16-18-6-3-7-19-16/h3,6-7,10-11,13H,2,4-5,8-9H2,1H3,(H,18,19,20,21)/t13-/m0/s1. The number of carbonyl (C=O) groups excluding carboxylic acids is 1. The number of ether oxygens (including phenoxy) is 1. The number of anilines is 2. The van der Waals surface area contributed by atoms with E-state index in [4.69, 9.17) is 4.74 Å². The molecule has 2 aromatic heterocycles. The molecule has 1 aliphatic rings. The number of carbonyl (C=O) groups is 1. The van der Waals surface area contributed by atoms with Crippen LogP contribution in [0.5, 0.6) is 0 Å². The summed E-state index contributed by atoms with van der Waals surface area (Å²) in [5, 5.41) is 3.03. The lowest BCUT2D eigenvalue weighted by atomic mass is 10.1. The number of nitrogens with one attached hydrogen (secondary N) is 1. The number of aromatic nitrogens is 4. The largest absolute Gasteiger partial charge is 0.384 e. The van der Waals surface area contributed by atoms with Gasteiger partial charge in [-0.1, -0.05) is 0 Å². The van der Waals surface area contributed by atoms with Gasteiger partial charge in [-0.3, -0.25) is 9.78 Å². The smallest absolute Gasteiger partial charge is 0.228 e. The molecule has 24 heavy (non-hydrogen) atoms. The van der Waals surface area contributed by atoms with Gasteiger partial charge in [0, 0.05) is 26.0 Å². The summed E-state index contributed by atoms with van der Waals surface area (Å²) in [6.45, 7) is 1.18. The van der Waals surface area contributed by atoms with E-state index in [1.807, 2.05) is 4.90 Å². The molecule has 1 saturated heterocycles. The lowest BCUT2D eigenvalue weighted by molar-refractivity contribution is -0.133. The normalized spacial score (nSPS) is 17.0. The third-order valence-electron chi connectivity index (χ3n) is 3.89. The van der Waals surface area contributed by atoms with Crippen LogP contribution in [-0.4, -0.2) is 51.0 Å². The third-order valence-corrected chi connectivity index (χ3v) is 3.89. The number of methoxy groups -OCH3 is 1. The number of nitrogens with zero attached hydrogens (tertiary/aromatic N) is 5. The van der Waals surface area contributed by atoms with Crippen LogP contribution in [0.25, 0.3) is 0 Å². The summed E-state index contributed by atoms with van der Waals surface area (Å²) in [5.74, 6) is 1.11. The highest BCUT2D eigenvalue weighted by atomic mass is 16.5. The molecule has 1 fully saturated rings. The zero-order chi connectivity index (χ0) is 16.8. The molecule has 0 radical (unpaired) electrons. The van der Waals surface area contributed by atoms with E-state index >= 15 is 0 Å². The third kappa shape index (κ3) is 3.83. The van der Waals surface area contributed by atoms with Crippen LogP contribution in [-0.2, 0) is 9.53 Å². The lowest BCUT2D eigenvalue weighted by Crippen LogP contribution is -2.31. The van der Waals surface area contributed by atoms with Crippen molar-refractivity contribution in [2.45, 2.75) is 25.3 Å². The molecule has 0 bridgehead atoms. The summed E-state index contributed by atoms with van der Waals surface area (Å²) in [4.78, 5) is 31.2. The van der Waals surface area contributed by atoms with Gasteiger partial charge in [-0.15, -0.1) is 0 Å². The van der Waals surface area contributed by atoms with Crippen LogP contribution in [0, 0.1) is 0 Å². The summed E-state index contributed by atoms with van der Waals surface area (Å²) in [6, 6.07) is 1.70. The Morgan fingerprint density at radius 3 is 3.00 bits per heavy atom. The van der Waals surface area contributed by atoms with Gasteiger partial charge in [0.05, 0.1) is 37.2 Å². The van der Waals surface area contributed by atoms with Gasteiger partial charge in [-0.2, -0.15) is 0 Å². The second-order valence-electron chi connectivity index (χ2n) is 5.51. The number of hydrogen-bond acceptors (Lipinski definition) is 7. The van der Waals surface area contributed by atoms with Crippen molar-refractivity contribution in [1.29, 1.82) is 0 Å². The number of rotatable bonds is 6. The number of hydrogen-bond donors (Lipinski definition) is 1. The Balaban J connectivity index is 1.74. The highest BCUT2D eigenvalue weighted by Crippen LogP contribution is 2.31. The van der Waals surface area contributed by atoms with Gasteiger partial charge in [0.2, 0.25) is 11.9 Å². The topological polar surface area (TPSA) is 93.1 Å². The van der Waals surface area contributed by atoms with Crippen molar-refractivity contribution in [3.63, 3.8) is 0 Å². The minimum absolute atomic E-state index is 0.0414. The van der Waals surface area contributed by atoms with Gasteiger partial charge < -0.3 is 15.0 Å². The van der Waals surface area contributed by atoms with Gasteiger partial charge in [0.15, 0.2) is 5.82 Å². The fourth-order valence-electron chi connectivity index (χ4n) is 2.79. The van der Waals surface area contributed by atoms with Crippen LogP contribution in [0.4, 0.5) is 11.8 Å². The molecule has 0 aliphatic carbocycles. The number of likely N-dealkylation sites (tertiary alicyclic amines) is 1. The molecular formula is C16H20N6O2. The summed E-state index contributed by atoms with van der Waals surface area (Å²) in [6.07, 6.45) is 8.87. The lowest BCUT2D eigenvalue weighted by Gasteiger charge is -2.24. The Kier molecular flexibility index (Phi) is 5.27. The van der Waals surface area contributed by atoms with E-state index in [1.165, 1.54) is 0 Å². The average Bonchev–Trinajstić information content (AvgIpc) is 3.11. The molecule has 0 unspecified atom stereocenters. The van der Waals surface area contributed by atoms with E-state index in [1.54, 1.807) is 38.0 Å². The predicted octanol–water partition coefficient (Wildman–Crippen LogP) is 1.71. The zero-order valence-corrected chi connectivity index (χ0v) is 13.6. The van der Waals surface area contributed by atoms with Gasteiger partial charge in [0.25, 0.3) is 0 Å². The summed E-state index contributed by atoms with van der Waals surface area (Å²) < 4.78 is 5.00. The molecule has 126 valence electrons. The fourth-order valence-corrected chi connectivity index (χ4v) is 2.79. The van der Waals surface area contributed by atoms with Crippen molar-refractivity contribution >= 4 is 17.7 Å². The highest BCUT2D eigenvalue weighted by molar-refractivity contribution is 5.77. The van der Waals surface area contributed by atoms with Crippen molar-refractivity contribution in [3.05, 3.63) is 36.5 Å². The van der Waals surface area contributed by atoms with Gasteiger partial charge in [-0.25, -0.2) is 15.0 Å². The summed E-state index contributed by atoms with van der Waals surface area (Å²) >= 11 is 0.